The Bertz CT molecular complexity index is 986. The first-order valence-corrected chi connectivity index (χ1v) is 8.29. The Balaban J connectivity index is 1.67. The van der Waals surface area contributed by atoms with Crippen LogP contribution in [0.15, 0.2) is 65.7 Å². The molecule has 0 spiro atoms. The molecule has 0 aliphatic rings. The van der Waals surface area contributed by atoms with E-state index >= 15 is 0 Å². The Kier molecular flexibility index (Phi) is 5.61. The van der Waals surface area contributed by atoms with Gasteiger partial charge in [0, 0.05) is 19.3 Å². The van der Waals surface area contributed by atoms with Gasteiger partial charge in [0.2, 0.25) is 5.43 Å². The average Bonchev–Trinajstić information content (AvgIpc) is 2.68. The molecule has 0 saturated carbocycles. The lowest BCUT2D eigenvalue weighted by Gasteiger charge is -2.12. The lowest BCUT2D eigenvalue weighted by molar-refractivity contribution is 0.0941. The second kappa shape index (κ2) is 8.27. The maximum Gasteiger partial charge on any atom is 0.268 e. The zero-order valence-corrected chi connectivity index (χ0v) is 14.7. The lowest BCUT2D eigenvalue weighted by atomic mass is 10.2. The number of hydrogen-bond donors (Lipinski definition) is 1. The molecule has 1 amide bonds. The Morgan fingerprint density at radius 3 is 2.70 bits per heavy atom. The van der Waals surface area contributed by atoms with Crippen LogP contribution in [0.1, 0.15) is 21.7 Å². The number of nitrogens with one attached hydrogen (secondary N) is 1. The largest absolute Gasteiger partial charge is 0.483 e. The van der Waals surface area contributed by atoms with Crippen LogP contribution < -0.4 is 15.5 Å². The number of ether oxygens (including phenoxy) is 1. The van der Waals surface area contributed by atoms with Gasteiger partial charge in [0.1, 0.15) is 18.1 Å². The van der Waals surface area contributed by atoms with E-state index in [4.69, 9.17) is 4.74 Å². The van der Waals surface area contributed by atoms with Crippen molar-refractivity contribution < 1.29 is 13.9 Å². The number of aromatic nitrogens is 2. The van der Waals surface area contributed by atoms with Crippen molar-refractivity contribution in [2.75, 3.05) is 0 Å². The number of benzene rings is 1. The molecule has 6 nitrogen and oxygen atoms in total. The van der Waals surface area contributed by atoms with E-state index in [1.807, 2.05) is 6.07 Å². The van der Waals surface area contributed by atoms with Crippen molar-refractivity contribution in [3.63, 3.8) is 0 Å². The minimum Gasteiger partial charge on any atom is -0.483 e. The van der Waals surface area contributed by atoms with Gasteiger partial charge in [-0.3, -0.25) is 14.6 Å². The van der Waals surface area contributed by atoms with E-state index < -0.39 is 5.43 Å². The molecule has 1 aromatic carbocycles. The Morgan fingerprint density at radius 2 is 2.00 bits per heavy atom. The number of rotatable bonds is 6. The van der Waals surface area contributed by atoms with Gasteiger partial charge in [-0.15, -0.1) is 0 Å². The highest BCUT2D eigenvalue weighted by Gasteiger charge is 2.13. The number of amides is 1. The molecule has 3 rings (SSSR count). The van der Waals surface area contributed by atoms with Crippen molar-refractivity contribution in [1.29, 1.82) is 0 Å². The Labute approximate surface area is 155 Å². The average molecular weight is 367 g/mol. The van der Waals surface area contributed by atoms with E-state index in [0.717, 1.165) is 11.3 Å². The second-order valence-corrected chi connectivity index (χ2v) is 5.92. The van der Waals surface area contributed by atoms with Crippen LogP contribution in [0.5, 0.6) is 5.75 Å². The van der Waals surface area contributed by atoms with Gasteiger partial charge in [0.15, 0.2) is 5.75 Å². The second-order valence-electron chi connectivity index (χ2n) is 5.92. The van der Waals surface area contributed by atoms with Crippen LogP contribution in [0.3, 0.4) is 0 Å². The molecule has 0 fully saturated rings. The summed E-state index contributed by atoms with van der Waals surface area (Å²) in [7, 11) is 1.65. The van der Waals surface area contributed by atoms with Crippen molar-refractivity contribution in [3.8, 4) is 5.75 Å². The number of carbonyl (C=O) groups is 1. The smallest absolute Gasteiger partial charge is 0.268 e. The van der Waals surface area contributed by atoms with Crippen LogP contribution in [0.25, 0.3) is 0 Å². The molecule has 0 aliphatic heterocycles. The molecule has 2 aromatic heterocycles. The highest BCUT2D eigenvalue weighted by atomic mass is 19.1. The SMILES string of the molecule is Cn1cc(OCc2ccc(F)cc2)c(=O)cc1C(=O)NCc1ccccn1. The molecular weight excluding hydrogens is 349 g/mol. The number of nitrogens with zero attached hydrogens (tertiary/aromatic N) is 2. The molecule has 27 heavy (non-hydrogen) atoms. The first-order valence-electron chi connectivity index (χ1n) is 8.29. The molecule has 0 atom stereocenters. The zero-order chi connectivity index (χ0) is 19.2. The molecule has 3 aromatic rings. The standard InChI is InChI=1S/C20H18FN3O3/c1-24-12-19(27-13-14-5-7-15(21)8-6-14)18(25)10-17(24)20(26)23-11-16-4-2-3-9-22-16/h2-10,12H,11,13H2,1H3,(H,23,26). The first-order chi connectivity index (χ1) is 13.0. The van der Waals surface area contributed by atoms with E-state index in [0.29, 0.717) is 0 Å². The van der Waals surface area contributed by atoms with Crippen molar-refractivity contribution >= 4 is 5.91 Å². The fourth-order valence-corrected chi connectivity index (χ4v) is 2.45. The number of aryl methyl sites for hydroxylation is 1. The normalized spacial score (nSPS) is 10.4. The van der Waals surface area contributed by atoms with Crippen LogP contribution in [-0.2, 0) is 20.2 Å². The van der Waals surface area contributed by atoms with E-state index in [1.54, 1.807) is 37.5 Å². The molecule has 0 unspecified atom stereocenters. The lowest BCUT2D eigenvalue weighted by Crippen LogP contribution is -2.28. The predicted octanol–water partition coefficient (Wildman–Crippen LogP) is 2.43. The Hall–Kier alpha value is -3.48. The highest BCUT2D eigenvalue weighted by Crippen LogP contribution is 2.10. The topological polar surface area (TPSA) is 73.2 Å². The number of hydrogen-bond acceptors (Lipinski definition) is 4. The van der Waals surface area contributed by atoms with Gasteiger partial charge >= 0.3 is 0 Å². The maximum atomic E-state index is 12.9. The number of halogens is 1. The third-order valence-corrected chi connectivity index (χ3v) is 3.90. The fraction of sp³-hybridized carbons (Fsp3) is 0.150. The third kappa shape index (κ3) is 4.78. The Morgan fingerprint density at radius 1 is 1.22 bits per heavy atom. The summed E-state index contributed by atoms with van der Waals surface area (Å²) in [5.41, 5.74) is 1.26. The summed E-state index contributed by atoms with van der Waals surface area (Å²) < 4.78 is 20.0. The van der Waals surface area contributed by atoms with Gasteiger partial charge in [-0.25, -0.2) is 4.39 Å². The molecule has 7 heteroatoms. The van der Waals surface area contributed by atoms with Crippen molar-refractivity contribution in [1.82, 2.24) is 14.9 Å². The van der Waals surface area contributed by atoms with E-state index in [9.17, 15) is 14.0 Å². The number of pyridine rings is 2. The number of carbonyl (C=O) groups excluding carboxylic acids is 1. The van der Waals surface area contributed by atoms with Crippen molar-refractivity contribution in [2.45, 2.75) is 13.2 Å². The summed E-state index contributed by atoms with van der Waals surface area (Å²) in [5, 5.41) is 2.73. The molecular formula is C20H18FN3O3. The van der Waals surface area contributed by atoms with Gasteiger partial charge in [0.25, 0.3) is 5.91 Å². The van der Waals surface area contributed by atoms with E-state index in [1.165, 1.54) is 29.0 Å². The fourth-order valence-electron chi connectivity index (χ4n) is 2.45. The molecule has 2 heterocycles. The monoisotopic (exact) mass is 367 g/mol. The van der Waals surface area contributed by atoms with Crippen molar-refractivity contribution in [3.05, 3.63) is 93.9 Å². The molecule has 0 bridgehead atoms. The minimum absolute atomic E-state index is 0.114. The minimum atomic E-state index is -0.404. The summed E-state index contributed by atoms with van der Waals surface area (Å²) in [4.78, 5) is 28.7. The molecule has 138 valence electrons. The molecule has 1 N–H and O–H groups in total. The van der Waals surface area contributed by atoms with Crippen molar-refractivity contribution in [2.24, 2.45) is 7.05 Å². The van der Waals surface area contributed by atoms with Gasteiger partial charge in [-0.2, -0.15) is 0 Å². The first kappa shape index (κ1) is 18.3. The van der Waals surface area contributed by atoms with Crippen LogP contribution in [0.4, 0.5) is 4.39 Å². The summed E-state index contributed by atoms with van der Waals surface area (Å²) in [6.45, 7) is 0.386. The van der Waals surface area contributed by atoms with Gasteiger partial charge < -0.3 is 14.6 Å². The van der Waals surface area contributed by atoms with Crippen LogP contribution in [0.2, 0.25) is 0 Å². The van der Waals surface area contributed by atoms with Gasteiger partial charge in [-0.1, -0.05) is 18.2 Å². The van der Waals surface area contributed by atoms with E-state index in [2.05, 4.69) is 10.3 Å². The third-order valence-electron chi connectivity index (χ3n) is 3.90. The van der Waals surface area contributed by atoms with Gasteiger partial charge in [-0.05, 0) is 29.8 Å². The molecule has 0 radical (unpaired) electrons. The van der Waals surface area contributed by atoms with E-state index in [-0.39, 0.29) is 36.3 Å². The van der Waals surface area contributed by atoms with Crippen LogP contribution in [0, 0.1) is 5.82 Å². The summed E-state index contributed by atoms with van der Waals surface area (Å²) in [6, 6.07) is 12.5. The highest BCUT2D eigenvalue weighted by molar-refractivity contribution is 5.92. The summed E-state index contributed by atoms with van der Waals surface area (Å²) >= 11 is 0. The zero-order valence-electron chi connectivity index (χ0n) is 14.7. The van der Waals surface area contributed by atoms with Gasteiger partial charge in [0.05, 0.1) is 18.4 Å². The van der Waals surface area contributed by atoms with Crippen LogP contribution in [-0.4, -0.2) is 15.5 Å². The predicted molar refractivity (Wildman–Crippen MR) is 97.8 cm³/mol. The summed E-state index contributed by atoms with van der Waals surface area (Å²) in [6.07, 6.45) is 3.10. The summed E-state index contributed by atoms with van der Waals surface area (Å²) in [5.74, 6) is -0.607. The molecule has 0 aliphatic carbocycles. The quantitative estimate of drug-likeness (QED) is 0.726. The van der Waals surface area contributed by atoms with Crippen LogP contribution >= 0.6 is 0 Å². The maximum absolute atomic E-state index is 12.9. The molecule has 0 saturated heterocycles.